The van der Waals surface area contributed by atoms with Crippen LogP contribution >= 0.6 is 0 Å². The molecule has 0 amide bonds. The minimum absolute atomic E-state index is 0.156. The maximum absolute atomic E-state index is 12.1. The van der Waals surface area contributed by atoms with E-state index < -0.39 is 5.97 Å². The van der Waals surface area contributed by atoms with Crippen LogP contribution in [0.3, 0.4) is 0 Å². The number of aliphatic imine (C=N–C) groups is 1. The molecule has 0 saturated carbocycles. The molecule has 0 radical (unpaired) electrons. The predicted octanol–water partition coefficient (Wildman–Crippen LogP) is 3.74. The fraction of sp³-hybridized carbons (Fsp3) is 0.100. The normalized spacial score (nSPS) is 20.8. The number of nitrogens with zero attached hydrogens (tertiary/aromatic N) is 1. The van der Waals surface area contributed by atoms with Crippen molar-refractivity contribution in [3.05, 3.63) is 83.1 Å². The van der Waals surface area contributed by atoms with Gasteiger partial charge in [-0.05, 0) is 42.8 Å². The molecule has 4 nitrogen and oxygen atoms in total. The molecule has 4 rings (SSSR count). The van der Waals surface area contributed by atoms with Gasteiger partial charge < -0.3 is 9.47 Å². The Kier molecular flexibility index (Phi) is 3.50. The Hall–Kier alpha value is -3.14. The fourth-order valence-electron chi connectivity index (χ4n) is 2.69. The van der Waals surface area contributed by atoms with Gasteiger partial charge in [0.1, 0.15) is 11.9 Å². The molecule has 1 atom stereocenters. The molecule has 4 heteroatoms. The van der Waals surface area contributed by atoms with Crippen molar-refractivity contribution < 1.29 is 14.3 Å². The first-order chi connectivity index (χ1) is 11.7. The van der Waals surface area contributed by atoms with E-state index in [9.17, 15) is 4.79 Å². The zero-order valence-electron chi connectivity index (χ0n) is 13.1. The van der Waals surface area contributed by atoms with Crippen molar-refractivity contribution >= 4 is 17.9 Å². The largest absolute Gasteiger partial charge is 0.485 e. The number of carbonyl (C=O) groups excluding carboxylic acids is 1. The Morgan fingerprint density at radius 2 is 1.79 bits per heavy atom. The van der Waals surface area contributed by atoms with Crippen molar-refractivity contribution in [1.82, 2.24) is 0 Å². The third kappa shape index (κ3) is 2.63. The first-order valence-electron chi connectivity index (χ1n) is 7.76. The lowest BCUT2D eigenvalue weighted by atomic mass is 10.0. The van der Waals surface area contributed by atoms with Gasteiger partial charge in [0.05, 0.1) is 0 Å². The van der Waals surface area contributed by atoms with Crippen molar-refractivity contribution in [3.63, 3.8) is 0 Å². The Morgan fingerprint density at radius 1 is 1.04 bits per heavy atom. The zero-order valence-corrected chi connectivity index (χ0v) is 13.1. The smallest absolute Gasteiger partial charge is 0.363 e. The second kappa shape index (κ2) is 5.81. The van der Waals surface area contributed by atoms with Crippen LogP contribution in [0, 0.1) is 0 Å². The van der Waals surface area contributed by atoms with E-state index >= 15 is 0 Å². The quantitative estimate of drug-likeness (QED) is 0.626. The molecular weight excluding hydrogens is 302 g/mol. The number of carbonyl (C=O) groups is 1. The van der Waals surface area contributed by atoms with E-state index in [1.54, 1.807) is 6.08 Å². The Morgan fingerprint density at radius 3 is 2.62 bits per heavy atom. The van der Waals surface area contributed by atoms with E-state index in [1.807, 2.05) is 67.6 Å². The molecule has 0 saturated heterocycles. The summed E-state index contributed by atoms with van der Waals surface area (Å²) in [6, 6.07) is 17.2. The van der Waals surface area contributed by atoms with Crippen LogP contribution in [0.2, 0.25) is 0 Å². The van der Waals surface area contributed by atoms with Crippen molar-refractivity contribution in [2.45, 2.75) is 13.0 Å². The van der Waals surface area contributed by atoms with Gasteiger partial charge in [-0.1, -0.05) is 36.4 Å². The van der Waals surface area contributed by atoms with Crippen molar-refractivity contribution in [3.8, 4) is 5.75 Å². The average molecular weight is 317 g/mol. The highest BCUT2D eigenvalue weighted by Crippen LogP contribution is 2.31. The molecule has 2 aromatic rings. The number of fused-ring (bicyclic) bond motifs is 1. The summed E-state index contributed by atoms with van der Waals surface area (Å²) in [6.07, 6.45) is 3.59. The molecule has 24 heavy (non-hydrogen) atoms. The SMILES string of the molecule is CC1Oc2ccccc2C=C1/C=C1/N=C(c2ccccc2)OC1=O. The summed E-state index contributed by atoms with van der Waals surface area (Å²) in [6.45, 7) is 1.95. The Labute approximate surface area is 139 Å². The molecular formula is C20H15NO3. The van der Waals surface area contributed by atoms with Crippen molar-refractivity contribution in [1.29, 1.82) is 0 Å². The standard InChI is InChI=1S/C20H15NO3/c1-13-16(11-15-9-5-6-10-18(15)23-13)12-17-20(22)24-19(21-17)14-7-3-2-4-8-14/h2-13H,1H3/b17-12+. The molecule has 0 spiro atoms. The van der Waals surface area contributed by atoms with E-state index in [0.29, 0.717) is 5.90 Å². The highest BCUT2D eigenvalue weighted by Gasteiger charge is 2.26. The van der Waals surface area contributed by atoms with Gasteiger partial charge in [0.25, 0.3) is 0 Å². The molecule has 0 N–H and O–H groups in total. The minimum Gasteiger partial charge on any atom is -0.485 e. The summed E-state index contributed by atoms with van der Waals surface area (Å²) in [5.74, 6) is 0.729. The summed E-state index contributed by atoms with van der Waals surface area (Å²) in [5, 5.41) is 0. The molecule has 1 unspecified atom stereocenters. The number of rotatable bonds is 2. The number of ether oxygens (including phenoxy) is 2. The number of hydrogen-bond acceptors (Lipinski definition) is 4. The lowest BCUT2D eigenvalue weighted by Gasteiger charge is -2.22. The third-order valence-electron chi connectivity index (χ3n) is 3.96. The second-order valence-electron chi connectivity index (χ2n) is 5.64. The molecule has 118 valence electrons. The second-order valence-corrected chi connectivity index (χ2v) is 5.64. The summed E-state index contributed by atoms with van der Waals surface area (Å²) in [5.41, 5.74) is 2.94. The number of para-hydroxylation sites is 1. The Balaban J connectivity index is 1.69. The van der Waals surface area contributed by atoms with E-state index in [4.69, 9.17) is 9.47 Å². The van der Waals surface area contributed by atoms with Gasteiger partial charge in [-0.3, -0.25) is 0 Å². The lowest BCUT2D eigenvalue weighted by molar-refractivity contribution is -0.130. The molecule has 2 heterocycles. The Bertz CT molecular complexity index is 894. The van der Waals surface area contributed by atoms with Gasteiger partial charge in [-0.15, -0.1) is 0 Å². The topological polar surface area (TPSA) is 47.9 Å². The summed E-state index contributed by atoms with van der Waals surface area (Å²) < 4.78 is 11.2. The molecule has 0 fully saturated rings. The van der Waals surface area contributed by atoms with E-state index in [2.05, 4.69) is 4.99 Å². The predicted molar refractivity (Wildman–Crippen MR) is 91.7 cm³/mol. The van der Waals surface area contributed by atoms with Crippen LogP contribution in [-0.2, 0) is 9.53 Å². The summed E-state index contributed by atoms with van der Waals surface area (Å²) >= 11 is 0. The van der Waals surface area contributed by atoms with Gasteiger partial charge in [-0.25, -0.2) is 9.79 Å². The highest BCUT2D eigenvalue weighted by molar-refractivity contribution is 6.11. The number of hydrogen-bond donors (Lipinski definition) is 0. The van der Waals surface area contributed by atoms with Gasteiger partial charge in [-0.2, -0.15) is 0 Å². The van der Waals surface area contributed by atoms with E-state index in [1.165, 1.54) is 0 Å². The summed E-state index contributed by atoms with van der Waals surface area (Å²) in [7, 11) is 0. The molecule has 0 aliphatic carbocycles. The van der Waals surface area contributed by atoms with Crippen molar-refractivity contribution in [2.75, 3.05) is 0 Å². The number of benzene rings is 2. The number of esters is 1. The third-order valence-corrected chi connectivity index (χ3v) is 3.96. The van der Waals surface area contributed by atoms with E-state index in [0.717, 1.165) is 22.4 Å². The zero-order chi connectivity index (χ0) is 16.5. The first-order valence-corrected chi connectivity index (χ1v) is 7.76. The molecule has 2 aliphatic heterocycles. The van der Waals surface area contributed by atoms with Crippen LogP contribution in [0.15, 0.2) is 76.9 Å². The van der Waals surface area contributed by atoms with E-state index in [-0.39, 0.29) is 11.8 Å². The summed E-state index contributed by atoms with van der Waals surface area (Å²) in [4.78, 5) is 16.4. The van der Waals surface area contributed by atoms with Crippen LogP contribution in [0.25, 0.3) is 6.08 Å². The maximum atomic E-state index is 12.1. The van der Waals surface area contributed by atoms with Gasteiger partial charge in [0, 0.05) is 11.1 Å². The molecule has 0 aromatic heterocycles. The van der Waals surface area contributed by atoms with Gasteiger partial charge in [0.2, 0.25) is 5.90 Å². The van der Waals surface area contributed by atoms with Gasteiger partial charge in [0.15, 0.2) is 5.70 Å². The van der Waals surface area contributed by atoms with Crippen LogP contribution in [0.4, 0.5) is 0 Å². The maximum Gasteiger partial charge on any atom is 0.363 e. The van der Waals surface area contributed by atoms with Crippen LogP contribution in [-0.4, -0.2) is 18.0 Å². The average Bonchev–Trinajstić information content (AvgIpc) is 2.97. The fourth-order valence-corrected chi connectivity index (χ4v) is 2.69. The van der Waals surface area contributed by atoms with Crippen LogP contribution < -0.4 is 4.74 Å². The number of cyclic esters (lactones) is 1. The van der Waals surface area contributed by atoms with Crippen molar-refractivity contribution in [2.24, 2.45) is 4.99 Å². The van der Waals surface area contributed by atoms with Crippen LogP contribution in [0.5, 0.6) is 5.75 Å². The van der Waals surface area contributed by atoms with Gasteiger partial charge >= 0.3 is 5.97 Å². The highest BCUT2D eigenvalue weighted by atomic mass is 16.6. The molecule has 2 aliphatic rings. The monoisotopic (exact) mass is 317 g/mol. The minimum atomic E-state index is -0.444. The lowest BCUT2D eigenvalue weighted by Crippen LogP contribution is -2.18. The molecule has 0 bridgehead atoms. The van der Waals surface area contributed by atoms with Crippen LogP contribution in [0.1, 0.15) is 18.1 Å². The molecule has 2 aromatic carbocycles. The first kappa shape index (κ1) is 14.5.